The zero-order valence-corrected chi connectivity index (χ0v) is 14.8. The molecular weight excluding hydrogens is 328 g/mol. The molecule has 1 heterocycles. The van der Waals surface area contributed by atoms with Crippen LogP contribution in [0.25, 0.3) is 0 Å². The third-order valence-corrected chi connectivity index (χ3v) is 5.26. The summed E-state index contributed by atoms with van der Waals surface area (Å²) < 4.78 is 5.33. The van der Waals surface area contributed by atoms with Gasteiger partial charge in [-0.3, -0.25) is 14.5 Å². The number of hydrogen-bond acceptors (Lipinski definition) is 4. The highest BCUT2D eigenvalue weighted by Crippen LogP contribution is 2.33. The van der Waals surface area contributed by atoms with E-state index >= 15 is 0 Å². The maximum absolute atomic E-state index is 12.4. The molecule has 1 atom stereocenters. The molecule has 1 N–H and O–H groups in total. The molecule has 0 bridgehead atoms. The van der Waals surface area contributed by atoms with Gasteiger partial charge in [-0.15, -0.1) is 0 Å². The monoisotopic (exact) mass is 350 g/mol. The van der Waals surface area contributed by atoms with E-state index < -0.39 is 0 Å². The molecule has 2 aliphatic rings. The van der Waals surface area contributed by atoms with Crippen molar-refractivity contribution in [2.45, 2.75) is 25.3 Å². The lowest BCUT2D eigenvalue weighted by molar-refractivity contribution is 0.0652. The van der Waals surface area contributed by atoms with E-state index in [0.29, 0.717) is 23.7 Å². The van der Waals surface area contributed by atoms with Gasteiger partial charge < -0.3 is 10.1 Å². The Hall–Kier alpha value is -2.66. The van der Waals surface area contributed by atoms with Crippen LogP contribution in [0.3, 0.4) is 0 Å². The van der Waals surface area contributed by atoms with E-state index in [1.54, 1.807) is 31.4 Å². The van der Waals surface area contributed by atoms with Gasteiger partial charge in [0.25, 0.3) is 11.8 Å². The molecule has 5 heteroatoms. The second kappa shape index (κ2) is 6.92. The molecule has 1 aliphatic heterocycles. The van der Waals surface area contributed by atoms with E-state index in [1.165, 1.54) is 16.0 Å². The van der Waals surface area contributed by atoms with E-state index in [0.717, 1.165) is 31.6 Å². The van der Waals surface area contributed by atoms with Gasteiger partial charge in [0.1, 0.15) is 5.75 Å². The average molecular weight is 350 g/mol. The Kier molecular flexibility index (Phi) is 4.47. The van der Waals surface area contributed by atoms with Crippen molar-refractivity contribution >= 4 is 11.8 Å². The second-order valence-electron chi connectivity index (χ2n) is 6.77. The smallest absolute Gasteiger partial charge is 0.261 e. The third-order valence-electron chi connectivity index (χ3n) is 5.26. The molecule has 5 nitrogen and oxygen atoms in total. The van der Waals surface area contributed by atoms with E-state index in [-0.39, 0.29) is 11.8 Å². The summed E-state index contributed by atoms with van der Waals surface area (Å²) in [6.45, 7) is 1.20. The lowest BCUT2D eigenvalue weighted by Crippen LogP contribution is -2.33. The highest BCUT2D eigenvalue weighted by atomic mass is 16.5. The van der Waals surface area contributed by atoms with Gasteiger partial charge in [-0.2, -0.15) is 0 Å². The molecule has 0 aromatic heterocycles. The molecule has 2 aromatic carbocycles. The number of fused-ring (bicyclic) bond motifs is 2. The fraction of sp³-hybridized carbons (Fsp3) is 0.333. The van der Waals surface area contributed by atoms with Gasteiger partial charge in [-0.1, -0.05) is 18.2 Å². The number of ether oxygens (including phenoxy) is 1. The second-order valence-corrected chi connectivity index (χ2v) is 6.77. The number of carbonyl (C=O) groups excluding carboxylic acids is 2. The molecule has 0 saturated heterocycles. The quantitative estimate of drug-likeness (QED) is 0.643. The lowest BCUT2D eigenvalue weighted by Gasteiger charge is -2.17. The fourth-order valence-corrected chi connectivity index (χ4v) is 3.88. The summed E-state index contributed by atoms with van der Waals surface area (Å²) in [5.74, 6) is 0.520. The highest BCUT2D eigenvalue weighted by Gasteiger charge is 2.34. The number of hydrogen-bond donors (Lipinski definition) is 1. The van der Waals surface area contributed by atoms with Gasteiger partial charge >= 0.3 is 0 Å². The van der Waals surface area contributed by atoms with Crippen molar-refractivity contribution in [2.75, 3.05) is 20.2 Å². The van der Waals surface area contributed by atoms with E-state index in [2.05, 4.69) is 17.4 Å². The maximum Gasteiger partial charge on any atom is 0.261 e. The zero-order chi connectivity index (χ0) is 18.1. The average Bonchev–Trinajstić information content (AvgIpc) is 3.19. The molecule has 0 radical (unpaired) electrons. The first kappa shape index (κ1) is 16.8. The first-order valence-electron chi connectivity index (χ1n) is 9.04. The van der Waals surface area contributed by atoms with Crippen LogP contribution < -0.4 is 10.1 Å². The van der Waals surface area contributed by atoms with Gasteiger partial charge in [-0.05, 0) is 61.2 Å². The molecule has 134 valence electrons. The molecule has 26 heavy (non-hydrogen) atoms. The normalized spacial score (nSPS) is 18.2. The van der Waals surface area contributed by atoms with Crippen molar-refractivity contribution in [3.8, 4) is 5.75 Å². The van der Waals surface area contributed by atoms with Crippen molar-refractivity contribution in [3.63, 3.8) is 0 Å². The molecule has 2 aromatic rings. The van der Waals surface area contributed by atoms with Crippen LogP contribution in [0, 0.1) is 0 Å². The van der Waals surface area contributed by atoms with Crippen LogP contribution in [-0.4, -0.2) is 36.9 Å². The predicted molar refractivity (Wildman–Crippen MR) is 98.5 cm³/mol. The summed E-state index contributed by atoms with van der Waals surface area (Å²) in [4.78, 5) is 26.1. The van der Waals surface area contributed by atoms with Crippen LogP contribution >= 0.6 is 0 Å². The number of nitrogens with zero attached hydrogens (tertiary/aromatic N) is 1. The number of methoxy groups -OCH3 is 1. The summed E-state index contributed by atoms with van der Waals surface area (Å²) in [6, 6.07) is 13.6. The molecular formula is C21H22N2O3. The Morgan fingerprint density at radius 1 is 1.12 bits per heavy atom. The van der Waals surface area contributed by atoms with Crippen molar-refractivity contribution in [2.24, 2.45) is 0 Å². The first-order chi connectivity index (χ1) is 12.7. The number of amides is 2. The van der Waals surface area contributed by atoms with Crippen LogP contribution in [0.1, 0.15) is 50.7 Å². The van der Waals surface area contributed by atoms with Crippen molar-refractivity contribution < 1.29 is 14.3 Å². The van der Waals surface area contributed by atoms with Gasteiger partial charge in [0.2, 0.25) is 0 Å². The van der Waals surface area contributed by atoms with Gasteiger partial charge in [0, 0.05) is 12.6 Å². The number of aryl methyl sites for hydroxylation is 1. The van der Waals surface area contributed by atoms with E-state index in [4.69, 9.17) is 4.74 Å². The lowest BCUT2D eigenvalue weighted by atomic mass is 10.1. The predicted octanol–water partition coefficient (Wildman–Crippen LogP) is 2.96. The van der Waals surface area contributed by atoms with Gasteiger partial charge in [0.15, 0.2) is 0 Å². The van der Waals surface area contributed by atoms with Crippen molar-refractivity contribution in [1.82, 2.24) is 10.2 Å². The van der Waals surface area contributed by atoms with E-state index in [9.17, 15) is 9.59 Å². The summed E-state index contributed by atoms with van der Waals surface area (Å²) in [5, 5.41) is 3.56. The number of carbonyl (C=O) groups is 2. The Morgan fingerprint density at radius 3 is 2.54 bits per heavy atom. The SMILES string of the molecule is COc1ccc2c(c1)C(NCCCN1C(=O)c3ccccc3C1=O)CC2. The minimum Gasteiger partial charge on any atom is -0.497 e. The number of rotatable bonds is 6. The summed E-state index contributed by atoms with van der Waals surface area (Å²) in [5.41, 5.74) is 3.69. The molecule has 0 fully saturated rings. The van der Waals surface area contributed by atoms with E-state index in [1.807, 2.05) is 6.07 Å². The molecule has 4 rings (SSSR count). The largest absolute Gasteiger partial charge is 0.497 e. The van der Waals surface area contributed by atoms with Crippen LogP contribution in [0.2, 0.25) is 0 Å². The Morgan fingerprint density at radius 2 is 1.85 bits per heavy atom. The highest BCUT2D eigenvalue weighted by molar-refractivity contribution is 6.21. The number of nitrogens with one attached hydrogen (secondary N) is 1. The molecule has 2 amide bonds. The fourth-order valence-electron chi connectivity index (χ4n) is 3.88. The van der Waals surface area contributed by atoms with Crippen LogP contribution in [0.5, 0.6) is 5.75 Å². The molecule has 0 spiro atoms. The molecule has 1 aliphatic carbocycles. The Labute approximate surface area is 153 Å². The summed E-state index contributed by atoms with van der Waals surface area (Å²) in [6.07, 6.45) is 2.87. The van der Waals surface area contributed by atoms with Crippen LogP contribution in [0.4, 0.5) is 0 Å². The minimum absolute atomic E-state index is 0.179. The van der Waals surface area contributed by atoms with Crippen LogP contribution in [0.15, 0.2) is 42.5 Å². The molecule has 0 saturated carbocycles. The third kappa shape index (κ3) is 2.88. The standard InChI is InChI=1S/C21H22N2O3/c1-26-15-9-7-14-8-10-19(18(14)13-15)22-11-4-12-23-20(24)16-5-2-3-6-17(16)21(23)25/h2-3,5-7,9,13,19,22H,4,8,10-12H2,1H3. The number of benzene rings is 2. The zero-order valence-electron chi connectivity index (χ0n) is 14.8. The first-order valence-corrected chi connectivity index (χ1v) is 9.04. The Bertz CT molecular complexity index is 827. The molecule has 1 unspecified atom stereocenters. The van der Waals surface area contributed by atoms with Crippen molar-refractivity contribution in [1.29, 1.82) is 0 Å². The number of imide groups is 1. The van der Waals surface area contributed by atoms with Gasteiger partial charge in [-0.25, -0.2) is 0 Å². The maximum atomic E-state index is 12.4. The summed E-state index contributed by atoms with van der Waals surface area (Å²) >= 11 is 0. The van der Waals surface area contributed by atoms with Gasteiger partial charge in [0.05, 0.1) is 18.2 Å². The Balaban J connectivity index is 1.32. The summed E-state index contributed by atoms with van der Waals surface area (Å²) in [7, 11) is 1.68. The minimum atomic E-state index is -0.179. The van der Waals surface area contributed by atoms with Crippen molar-refractivity contribution in [3.05, 3.63) is 64.7 Å². The topological polar surface area (TPSA) is 58.6 Å². The van der Waals surface area contributed by atoms with Crippen LogP contribution in [-0.2, 0) is 6.42 Å².